The Morgan fingerprint density at radius 2 is 2.26 bits per heavy atom. The van der Waals surface area contributed by atoms with Crippen molar-refractivity contribution in [3.8, 4) is 0 Å². The second kappa shape index (κ2) is 4.42. The molecule has 1 amide bonds. The molecule has 98 valence electrons. The Bertz CT molecular complexity index is 573. The Balaban J connectivity index is 1.62. The van der Waals surface area contributed by atoms with Gasteiger partial charge in [-0.15, -0.1) is 10.2 Å². The summed E-state index contributed by atoms with van der Waals surface area (Å²) in [4.78, 5) is 11.8. The number of amides is 1. The van der Waals surface area contributed by atoms with Crippen LogP contribution in [-0.4, -0.2) is 32.2 Å². The van der Waals surface area contributed by atoms with E-state index >= 15 is 0 Å². The molecule has 3 rings (SSSR count). The van der Waals surface area contributed by atoms with Gasteiger partial charge in [0, 0.05) is 12.3 Å². The van der Waals surface area contributed by atoms with Crippen LogP contribution in [0.2, 0.25) is 0 Å². The Hall–Kier alpha value is -2.31. The third-order valence-corrected chi connectivity index (χ3v) is 3.27. The van der Waals surface area contributed by atoms with Crippen molar-refractivity contribution in [2.45, 2.75) is 24.6 Å². The smallest absolute Gasteiger partial charge is 0.258 e. The lowest BCUT2D eigenvalue weighted by Gasteiger charge is -2.08. The van der Waals surface area contributed by atoms with E-state index in [4.69, 9.17) is 0 Å². The first-order valence-electron chi connectivity index (χ1n) is 5.94. The highest BCUT2D eigenvalue weighted by molar-refractivity contribution is 5.90. The fraction of sp³-hybridized carbons (Fsp3) is 0.333. The predicted molar refractivity (Wildman–Crippen MR) is 63.7 cm³/mol. The van der Waals surface area contributed by atoms with E-state index < -0.39 is 11.6 Å². The van der Waals surface area contributed by atoms with Gasteiger partial charge in [-0.1, -0.05) is 35.5 Å². The number of aromatic nitrogens is 4. The van der Waals surface area contributed by atoms with E-state index in [1.807, 2.05) is 30.3 Å². The van der Waals surface area contributed by atoms with Crippen LogP contribution >= 0.6 is 0 Å². The van der Waals surface area contributed by atoms with Gasteiger partial charge >= 0.3 is 0 Å². The molecule has 1 aliphatic carbocycles. The molecule has 0 bridgehead atoms. The molecule has 1 fully saturated rings. The van der Waals surface area contributed by atoms with Crippen LogP contribution in [0.25, 0.3) is 0 Å². The van der Waals surface area contributed by atoms with Crippen molar-refractivity contribution < 1.29 is 9.18 Å². The number of halogens is 1. The van der Waals surface area contributed by atoms with Crippen LogP contribution in [0, 0.1) is 0 Å². The van der Waals surface area contributed by atoms with E-state index in [-0.39, 0.29) is 18.9 Å². The lowest BCUT2D eigenvalue weighted by Crippen LogP contribution is -2.34. The van der Waals surface area contributed by atoms with Crippen LogP contribution in [-0.2, 0) is 11.3 Å². The number of aromatic amines is 1. The molecule has 6 nitrogen and oxygen atoms in total. The predicted octanol–water partition coefficient (Wildman–Crippen LogP) is 0.712. The molecule has 2 N–H and O–H groups in total. The standard InChI is InChI=1S/C12H12FN5O/c13-12(6-9(12)8-4-2-1-3-5-8)11(19)14-7-10-15-17-18-16-10/h1-5,9H,6-7H2,(H,14,19)(H,15,16,17,18)/t9-,12-/m0/s1. The second-order valence-electron chi connectivity index (χ2n) is 4.54. The Labute approximate surface area is 108 Å². The number of hydrogen-bond acceptors (Lipinski definition) is 4. The zero-order valence-electron chi connectivity index (χ0n) is 10.0. The molecule has 0 aliphatic heterocycles. The summed E-state index contributed by atoms with van der Waals surface area (Å²) >= 11 is 0. The minimum Gasteiger partial charge on any atom is -0.346 e. The topological polar surface area (TPSA) is 83.6 Å². The summed E-state index contributed by atoms with van der Waals surface area (Å²) in [7, 11) is 0. The first-order valence-corrected chi connectivity index (χ1v) is 5.94. The number of alkyl halides is 1. The summed E-state index contributed by atoms with van der Waals surface area (Å²) in [5, 5.41) is 15.5. The Kier molecular flexibility index (Phi) is 2.73. The first kappa shape index (κ1) is 11.8. The number of rotatable bonds is 4. The van der Waals surface area contributed by atoms with E-state index in [0.717, 1.165) is 5.56 Å². The van der Waals surface area contributed by atoms with Crippen LogP contribution in [0.3, 0.4) is 0 Å². The number of nitrogens with zero attached hydrogens (tertiary/aromatic N) is 3. The highest BCUT2D eigenvalue weighted by Crippen LogP contribution is 2.54. The molecule has 1 saturated carbocycles. The van der Waals surface area contributed by atoms with Crippen molar-refractivity contribution in [2.75, 3.05) is 0 Å². The van der Waals surface area contributed by atoms with Gasteiger partial charge in [-0.3, -0.25) is 4.79 Å². The lowest BCUT2D eigenvalue weighted by atomic mass is 10.1. The number of carbonyl (C=O) groups excluding carboxylic acids is 1. The molecule has 0 saturated heterocycles. The minimum absolute atomic E-state index is 0.0719. The number of H-pyrrole nitrogens is 1. The molecular weight excluding hydrogens is 249 g/mol. The fourth-order valence-corrected chi connectivity index (χ4v) is 2.12. The summed E-state index contributed by atoms with van der Waals surface area (Å²) in [5.41, 5.74) is -0.967. The number of carbonyl (C=O) groups is 1. The maximum Gasteiger partial charge on any atom is 0.258 e. The summed E-state index contributed by atoms with van der Waals surface area (Å²) in [6.07, 6.45) is 0.217. The molecule has 2 aromatic rings. The van der Waals surface area contributed by atoms with Crippen molar-refractivity contribution in [3.63, 3.8) is 0 Å². The van der Waals surface area contributed by atoms with Crippen LogP contribution in [0.4, 0.5) is 4.39 Å². The van der Waals surface area contributed by atoms with Gasteiger partial charge in [0.1, 0.15) is 0 Å². The molecule has 19 heavy (non-hydrogen) atoms. The van der Waals surface area contributed by atoms with Crippen LogP contribution < -0.4 is 5.32 Å². The maximum atomic E-state index is 14.4. The van der Waals surface area contributed by atoms with Gasteiger partial charge in [0.25, 0.3) is 5.91 Å². The zero-order chi connectivity index (χ0) is 13.3. The van der Waals surface area contributed by atoms with Gasteiger partial charge < -0.3 is 5.32 Å². The fourth-order valence-electron chi connectivity index (χ4n) is 2.12. The summed E-state index contributed by atoms with van der Waals surface area (Å²) in [5.74, 6) is -0.654. The third-order valence-electron chi connectivity index (χ3n) is 3.27. The summed E-state index contributed by atoms with van der Waals surface area (Å²) in [6.45, 7) is 0.0719. The van der Waals surface area contributed by atoms with Crippen LogP contribution in [0.15, 0.2) is 30.3 Å². The molecule has 2 atom stereocenters. The molecule has 0 unspecified atom stereocenters. The van der Waals surface area contributed by atoms with Gasteiger partial charge in [0.2, 0.25) is 0 Å². The van der Waals surface area contributed by atoms with Crippen molar-refractivity contribution >= 4 is 5.91 Å². The maximum absolute atomic E-state index is 14.4. The lowest BCUT2D eigenvalue weighted by molar-refractivity contribution is -0.127. The highest BCUT2D eigenvalue weighted by atomic mass is 19.1. The van der Waals surface area contributed by atoms with Gasteiger partial charge in [-0.05, 0) is 5.56 Å². The Morgan fingerprint density at radius 3 is 2.95 bits per heavy atom. The van der Waals surface area contributed by atoms with E-state index in [1.165, 1.54) is 0 Å². The van der Waals surface area contributed by atoms with Crippen molar-refractivity contribution in [2.24, 2.45) is 0 Å². The van der Waals surface area contributed by atoms with Gasteiger partial charge in [0.05, 0.1) is 6.54 Å². The second-order valence-corrected chi connectivity index (χ2v) is 4.54. The molecule has 1 aromatic heterocycles. The average molecular weight is 261 g/mol. The molecule has 0 spiro atoms. The van der Waals surface area contributed by atoms with Crippen LogP contribution in [0.1, 0.15) is 23.7 Å². The summed E-state index contributed by atoms with van der Waals surface area (Å²) in [6, 6.07) is 9.20. The first-order chi connectivity index (χ1) is 9.20. The molecular formula is C12H12FN5O. The normalized spacial score (nSPS) is 25.0. The van der Waals surface area contributed by atoms with Crippen molar-refractivity contribution in [1.29, 1.82) is 0 Å². The Morgan fingerprint density at radius 1 is 1.47 bits per heavy atom. The number of tetrazole rings is 1. The molecule has 1 aliphatic rings. The number of hydrogen-bond donors (Lipinski definition) is 2. The molecule has 7 heteroatoms. The SMILES string of the molecule is O=C(NCc1nn[nH]n1)[C@]1(F)C[C@H]1c1ccccc1. The van der Waals surface area contributed by atoms with E-state index in [9.17, 15) is 9.18 Å². The largest absolute Gasteiger partial charge is 0.346 e. The average Bonchev–Trinajstić information content (AvgIpc) is 2.89. The number of nitrogens with one attached hydrogen (secondary N) is 2. The van der Waals surface area contributed by atoms with E-state index in [2.05, 4.69) is 25.9 Å². The quantitative estimate of drug-likeness (QED) is 0.849. The van der Waals surface area contributed by atoms with Gasteiger partial charge in [0.15, 0.2) is 11.5 Å². The van der Waals surface area contributed by atoms with E-state index in [1.54, 1.807) is 0 Å². The van der Waals surface area contributed by atoms with Crippen LogP contribution in [0.5, 0.6) is 0 Å². The van der Waals surface area contributed by atoms with E-state index in [0.29, 0.717) is 5.82 Å². The van der Waals surface area contributed by atoms with Gasteiger partial charge in [-0.2, -0.15) is 5.21 Å². The third kappa shape index (κ3) is 2.18. The molecule has 1 aromatic carbocycles. The summed E-state index contributed by atoms with van der Waals surface area (Å²) < 4.78 is 14.4. The molecule has 1 heterocycles. The molecule has 0 radical (unpaired) electrons. The zero-order valence-corrected chi connectivity index (χ0v) is 10.0. The van der Waals surface area contributed by atoms with Gasteiger partial charge in [-0.25, -0.2) is 4.39 Å². The highest BCUT2D eigenvalue weighted by Gasteiger charge is 2.61. The minimum atomic E-state index is -1.81. The number of benzene rings is 1. The van der Waals surface area contributed by atoms with Crippen molar-refractivity contribution in [1.82, 2.24) is 25.9 Å². The monoisotopic (exact) mass is 261 g/mol. The van der Waals surface area contributed by atoms with Crippen molar-refractivity contribution in [3.05, 3.63) is 41.7 Å².